The van der Waals surface area contributed by atoms with E-state index in [2.05, 4.69) is 15.6 Å². The highest BCUT2D eigenvalue weighted by Crippen LogP contribution is 2.29. The molecule has 1 amide bonds. The molecule has 0 aliphatic carbocycles. The zero-order valence-electron chi connectivity index (χ0n) is 16.9. The third-order valence-corrected chi connectivity index (χ3v) is 4.26. The molecule has 0 aliphatic heterocycles. The van der Waals surface area contributed by atoms with Crippen molar-refractivity contribution in [1.29, 1.82) is 0 Å². The Kier molecular flexibility index (Phi) is 8.27. The number of halogens is 1. The van der Waals surface area contributed by atoms with E-state index in [0.717, 1.165) is 11.3 Å². The van der Waals surface area contributed by atoms with Gasteiger partial charge in [-0.25, -0.2) is 4.39 Å². The fourth-order valence-corrected chi connectivity index (χ4v) is 2.72. The lowest BCUT2D eigenvalue weighted by molar-refractivity contribution is -0.121. The van der Waals surface area contributed by atoms with Crippen LogP contribution in [-0.2, 0) is 11.2 Å². The van der Waals surface area contributed by atoms with Crippen LogP contribution < -0.4 is 25.8 Å². The number of hydrogen-bond acceptors (Lipinski definition) is 4. The molecule has 0 spiro atoms. The molecule has 156 valence electrons. The fraction of sp³-hybridized carbons (Fsp3) is 0.333. The zero-order chi connectivity index (χ0) is 21.2. The van der Waals surface area contributed by atoms with Crippen LogP contribution in [0.5, 0.6) is 11.5 Å². The molecule has 1 atom stereocenters. The third kappa shape index (κ3) is 6.67. The maximum Gasteiger partial charge on any atom is 0.222 e. The van der Waals surface area contributed by atoms with Gasteiger partial charge < -0.3 is 25.8 Å². The minimum absolute atomic E-state index is 0.190. The van der Waals surface area contributed by atoms with Gasteiger partial charge in [0.15, 0.2) is 17.5 Å². The Bertz CT molecular complexity index is 840. The molecule has 0 aliphatic rings. The number of nitrogens with one attached hydrogen (secondary N) is 2. The van der Waals surface area contributed by atoms with E-state index in [-0.39, 0.29) is 12.4 Å². The second-order valence-electron chi connectivity index (χ2n) is 6.34. The van der Waals surface area contributed by atoms with Gasteiger partial charge >= 0.3 is 0 Å². The van der Waals surface area contributed by atoms with Gasteiger partial charge in [0.1, 0.15) is 5.82 Å². The second-order valence-corrected chi connectivity index (χ2v) is 6.34. The molecule has 0 saturated heterocycles. The molecule has 0 saturated carbocycles. The smallest absolute Gasteiger partial charge is 0.222 e. The van der Waals surface area contributed by atoms with Gasteiger partial charge in [-0.05, 0) is 43.2 Å². The number of aliphatic imine (C=N–C) groups is 1. The Labute approximate surface area is 170 Å². The maximum atomic E-state index is 13.1. The quantitative estimate of drug-likeness (QED) is 0.442. The first-order valence-corrected chi connectivity index (χ1v) is 9.28. The number of benzene rings is 2. The second kappa shape index (κ2) is 10.9. The molecule has 0 aromatic heterocycles. The number of carbonyl (C=O) groups excluding carboxylic acids is 1. The number of rotatable bonds is 9. The lowest BCUT2D eigenvalue weighted by atomic mass is 9.99. The molecule has 4 N–H and O–H groups in total. The first kappa shape index (κ1) is 22.0. The molecule has 0 radical (unpaired) electrons. The summed E-state index contributed by atoms with van der Waals surface area (Å²) in [6, 6.07) is 11.4. The average molecular weight is 402 g/mol. The van der Waals surface area contributed by atoms with Crippen molar-refractivity contribution in [2.45, 2.75) is 13.3 Å². The molecule has 29 heavy (non-hydrogen) atoms. The van der Waals surface area contributed by atoms with Gasteiger partial charge in [0.05, 0.1) is 26.7 Å². The number of amides is 1. The predicted octanol–water partition coefficient (Wildman–Crippen LogP) is 2.56. The van der Waals surface area contributed by atoms with Crippen molar-refractivity contribution in [2.75, 3.05) is 32.6 Å². The normalized spacial score (nSPS) is 12.2. The molecule has 2 aromatic rings. The van der Waals surface area contributed by atoms with Crippen LogP contribution >= 0.6 is 0 Å². The molecule has 2 rings (SSSR count). The molecule has 0 bridgehead atoms. The summed E-state index contributed by atoms with van der Waals surface area (Å²) in [5, 5.41) is 6.30. The number of carbonyl (C=O) groups is 1. The van der Waals surface area contributed by atoms with Crippen molar-refractivity contribution in [3.05, 3.63) is 53.8 Å². The topological polar surface area (TPSA) is 98.0 Å². The molecule has 8 heteroatoms. The van der Waals surface area contributed by atoms with Crippen LogP contribution in [0.1, 0.15) is 12.5 Å². The van der Waals surface area contributed by atoms with Gasteiger partial charge in [0, 0.05) is 18.3 Å². The third-order valence-electron chi connectivity index (χ3n) is 4.26. The van der Waals surface area contributed by atoms with Crippen molar-refractivity contribution < 1.29 is 18.7 Å². The van der Waals surface area contributed by atoms with Crippen LogP contribution in [0.4, 0.5) is 10.1 Å². The number of primary amides is 1. The van der Waals surface area contributed by atoms with Gasteiger partial charge in [-0.1, -0.05) is 12.1 Å². The minimum Gasteiger partial charge on any atom is -0.493 e. The van der Waals surface area contributed by atoms with E-state index in [1.807, 2.05) is 13.0 Å². The number of anilines is 1. The van der Waals surface area contributed by atoms with Gasteiger partial charge in [-0.2, -0.15) is 0 Å². The van der Waals surface area contributed by atoms with Crippen molar-refractivity contribution in [3.63, 3.8) is 0 Å². The monoisotopic (exact) mass is 402 g/mol. The molecular weight excluding hydrogens is 375 g/mol. The number of nitrogens with two attached hydrogens (primary N) is 1. The Hall–Kier alpha value is -3.29. The van der Waals surface area contributed by atoms with Crippen LogP contribution in [0.15, 0.2) is 47.5 Å². The molecule has 2 aromatic carbocycles. The first-order chi connectivity index (χ1) is 14.0. The number of nitrogens with zero attached hydrogens (tertiary/aromatic N) is 1. The summed E-state index contributed by atoms with van der Waals surface area (Å²) in [6.07, 6.45) is 0.384. The number of guanidine groups is 1. The van der Waals surface area contributed by atoms with E-state index in [4.69, 9.17) is 15.2 Å². The summed E-state index contributed by atoms with van der Waals surface area (Å²) in [6.45, 7) is 2.77. The van der Waals surface area contributed by atoms with Crippen molar-refractivity contribution >= 4 is 17.6 Å². The van der Waals surface area contributed by atoms with Crippen LogP contribution in [0, 0.1) is 11.7 Å². The summed E-state index contributed by atoms with van der Waals surface area (Å²) >= 11 is 0. The van der Waals surface area contributed by atoms with Gasteiger partial charge in [0.25, 0.3) is 0 Å². The van der Waals surface area contributed by atoms with E-state index in [0.29, 0.717) is 30.4 Å². The standard InChI is InChI=1S/C21H27FN4O3/c1-4-24-21(26-17-9-10-18(28-2)19(12-17)29-3)25-13-15(20(23)27)11-14-5-7-16(22)8-6-14/h5-10,12,15H,4,11,13H2,1-3H3,(H2,23,27)(H2,24,25,26). The van der Waals surface area contributed by atoms with Crippen LogP contribution in [0.2, 0.25) is 0 Å². The minimum atomic E-state index is -0.513. The van der Waals surface area contributed by atoms with E-state index < -0.39 is 11.8 Å². The molecule has 0 heterocycles. The van der Waals surface area contributed by atoms with Crippen molar-refractivity contribution in [3.8, 4) is 11.5 Å². The fourth-order valence-electron chi connectivity index (χ4n) is 2.72. The number of hydrogen-bond donors (Lipinski definition) is 3. The zero-order valence-corrected chi connectivity index (χ0v) is 16.9. The Morgan fingerprint density at radius 2 is 1.83 bits per heavy atom. The molecule has 0 fully saturated rings. The average Bonchev–Trinajstić information content (AvgIpc) is 2.72. The van der Waals surface area contributed by atoms with Crippen LogP contribution in [-0.4, -0.2) is 39.2 Å². The Balaban J connectivity index is 2.13. The summed E-state index contributed by atoms with van der Waals surface area (Å²) in [5.41, 5.74) is 7.11. The summed E-state index contributed by atoms with van der Waals surface area (Å²) in [5.74, 6) is 0.412. The van der Waals surface area contributed by atoms with Crippen LogP contribution in [0.25, 0.3) is 0 Å². The highest BCUT2D eigenvalue weighted by molar-refractivity contribution is 5.94. The van der Waals surface area contributed by atoms with Crippen molar-refractivity contribution in [1.82, 2.24) is 5.32 Å². The molecule has 7 nitrogen and oxygen atoms in total. The number of methoxy groups -OCH3 is 2. The summed E-state index contributed by atoms with van der Waals surface area (Å²) in [7, 11) is 3.13. The lowest BCUT2D eigenvalue weighted by Crippen LogP contribution is -2.33. The summed E-state index contributed by atoms with van der Waals surface area (Å²) < 4.78 is 23.6. The van der Waals surface area contributed by atoms with E-state index in [1.54, 1.807) is 38.5 Å². The molecular formula is C21H27FN4O3. The number of ether oxygens (including phenoxy) is 2. The highest BCUT2D eigenvalue weighted by atomic mass is 19.1. The van der Waals surface area contributed by atoms with Crippen LogP contribution in [0.3, 0.4) is 0 Å². The predicted molar refractivity (Wildman–Crippen MR) is 112 cm³/mol. The molecule has 1 unspecified atom stereocenters. The lowest BCUT2D eigenvalue weighted by Gasteiger charge is -2.16. The summed E-state index contributed by atoms with van der Waals surface area (Å²) in [4.78, 5) is 16.4. The maximum absolute atomic E-state index is 13.1. The van der Waals surface area contributed by atoms with Gasteiger partial charge in [-0.15, -0.1) is 0 Å². The Morgan fingerprint density at radius 3 is 2.41 bits per heavy atom. The SMILES string of the molecule is CCNC(=NCC(Cc1ccc(F)cc1)C(N)=O)Nc1ccc(OC)c(OC)c1. The van der Waals surface area contributed by atoms with E-state index in [9.17, 15) is 9.18 Å². The Morgan fingerprint density at radius 1 is 1.14 bits per heavy atom. The van der Waals surface area contributed by atoms with Gasteiger partial charge in [-0.3, -0.25) is 9.79 Å². The van der Waals surface area contributed by atoms with E-state index >= 15 is 0 Å². The van der Waals surface area contributed by atoms with Gasteiger partial charge in [0.2, 0.25) is 5.91 Å². The van der Waals surface area contributed by atoms with Crippen molar-refractivity contribution in [2.24, 2.45) is 16.6 Å². The largest absolute Gasteiger partial charge is 0.493 e. The highest BCUT2D eigenvalue weighted by Gasteiger charge is 2.16. The van der Waals surface area contributed by atoms with E-state index in [1.165, 1.54) is 12.1 Å². The first-order valence-electron chi connectivity index (χ1n) is 9.28.